The number of carbonyl (C=O) groups excluding carboxylic acids is 1. The Kier molecular flexibility index (Phi) is 6.78. The van der Waals surface area contributed by atoms with Gasteiger partial charge in [0.2, 0.25) is 0 Å². The predicted octanol–water partition coefficient (Wildman–Crippen LogP) is 2.30. The van der Waals surface area contributed by atoms with E-state index in [4.69, 9.17) is 8.92 Å². The van der Waals surface area contributed by atoms with Gasteiger partial charge < -0.3 is 13.7 Å². The number of esters is 1. The third kappa shape index (κ3) is 5.08. The van der Waals surface area contributed by atoms with Crippen LogP contribution < -0.4 is 0 Å². The van der Waals surface area contributed by atoms with E-state index >= 15 is 0 Å². The molecule has 0 aromatic heterocycles. The van der Waals surface area contributed by atoms with E-state index in [2.05, 4.69) is 17.6 Å². The second-order valence-corrected chi connectivity index (χ2v) is 4.20. The van der Waals surface area contributed by atoms with Crippen LogP contribution in [0.5, 0.6) is 0 Å². The fraction of sp³-hybridized carbons (Fsp3) is 0.462. The molecule has 0 radical (unpaired) electrons. The molecule has 18 heavy (non-hydrogen) atoms. The van der Waals surface area contributed by atoms with Gasteiger partial charge in [-0.05, 0) is 36.0 Å². The van der Waals surface area contributed by atoms with Crippen molar-refractivity contribution in [3.63, 3.8) is 0 Å². The highest BCUT2D eigenvalue weighted by Gasteiger charge is 2.05. The standard InChI is InChI=1S/C13H18O4S/c1-15-8-11-5-10(3-4-13(14)16-2)6-12(7-11)9-17-18/h5-7,18H,3-4,8-9H2,1-2H3. The Morgan fingerprint density at radius 3 is 2.28 bits per heavy atom. The minimum atomic E-state index is -0.209. The van der Waals surface area contributed by atoms with Crippen molar-refractivity contribution in [3.05, 3.63) is 34.9 Å². The normalized spacial score (nSPS) is 10.4. The molecule has 0 aliphatic rings. The summed E-state index contributed by atoms with van der Waals surface area (Å²) in [5.41, 5.74) is 3.13. The SMILES string of the molecule is COCc1cc(CCC(=O)OC)cc(COS)c1. The maximum absolute atomic E-state index is 11.1. The summed E-state index contributed by atoms with van der Waals surface area (Å²) in [6.07, 6.45) is 1.01. The number of carbonyl (C=O) groups is 1. The lowest BCUT2D eigenvalue weighted by molar-refractivity contribution is -0.140. The third-order valence-electron chi connectivity index (χ3n) is 2.50. The Hall–Kier alpha value is -1.04. The van der Waals surface area contributed by atoms with E-state index in [1.807, 2.05) is 18.2 Å². The van der Waals surface area contributed by atoms with Gasteiger partial charge in [-0.3, -0.25) is 4.79 Å². The summed E-state index contributed by atoms with van der Waals surface area (Å²) in [6, 6.07) is 6.02. The zero-order valence-corrected chi connectivity index (χ0v) is 11.5. The molecule has 5 heteroatoms. The van der Waals surface area contributed by atoms with E-state index in [0.29, 0.717) is 26.1 Å². The molecule has 100 valence electrons. The van der Waals surface area contributed by atoms with Crippen molar-refractivity contribution < 1.29 is 18.5 Å². The van der Waals surface area contributed by atoms with Gasteiger partial charge >= 0.3 is 5.97 Å². The molecular weight excluding hydrogens is 252 g/mol. The lowest BCUT2D eigenvalue weighted by Crippen LogP contribution is -2.03. The van der Waals surface area contributed by atoms with E-state index in [0.717, 1.165) is 16.7 Å². The number of aryl methyl sites for hydroxylation is 1. The minimum Gasteiger partial charge on any atom is -0.469 e. The monoisotopic (exact) mass is 270 g/mol. The van der Waals surface area contributed by atoms with Crippen LogP contribution in [0.1, 0.15) is 23.1 Å². The molecule has 0 fully saturated rings. The number of hydrogen-bond donors (Lipinski definition) is 1. The van der Waals surface area contributed by atoms with E-state index in [1.54, 1.807) is 7.11 Å². The fourth-order valence-corrected chi connectivity index (χ4v) is 1.89. The smallest absolute Gasteiger partial charge is 0.305 e. The molecule has 0 aliphatic heterocycles. The molecule has 0 atom stereocenters. The van der Waals surface area contributed by atoms with Crippen LogP contribution in [0.2, 0.25) is 0 Å². The molecule has 1 rings (SSSR count). The molecular formula is C13H18O4S. The Morgan fingerprint density at radius 1 is 1.11 bits per heavy atom. The van der Waals surface area contributed by atoms with Gasteiger partial charge in [0.25, 0.3) is 0 Å². The fourth-order valence-electron chi connectivity index (χ4n) is 1.74. The van der Waals surface area contributed by atoms with Crippen LogP contribution in [-0.4, -0.2) is 20.2 Å². The Labute approximate surface area is 113 Å². The number of hydrogen-bond acceptors (Lipinski definition) is 5. The van der Waals surface area contributed by atoms with Gasteiger partial charge in [-0.2, -0.15) is 0 Å². The zero-order valence-electron chi connectivity index (χ0n) is 10.6. The van der Waals surface area contributed by atoms with Gasteiger partial charge in [0.1, 0.15) is 0 Å². The van der Waals surface area contributed by atoms with E-state index < -0.39 is 0 Å². The maximum atomic E-state index is 11.1. The van der Waals surface area contributed by atoms with Gasteiger partial charge in [0, 0.05) is 13.5 Å². The molecule has 0 saturated heterocycles. The Bertz CT molecular complexity index is 368. The topological polar surface area (TPSA) is 44.8 Å². The first-order valence-corrected chi connectivity index (χ1v) is 6.00. The van der Waals surface area contributed by atoms with Crippen LogP contribution in [0.25, 0.3) is 0 Å². The Morgan fingerprint density at radius 2 is 1.72 bits per heavy atom. The molecule has 0 N–H and O–H groups in total. The van der Waals surface area contributed by atoms with Crippen LogP contribution in [-0.2, 0) is 38.1 Å². The second-order valence-electron chi connectivity index (χ2n) is 3.94. The molecule has 0 unspecified atom stereocenters. The van der Waals surface area contributed by atoms with Gasteiger partial charge in [-0.1, -0.05) is 18.2 Å². The van der Waals surface area contributed by atoms with Crippen molar-refractivity contribution in [2.75, 3.05) is 14.2 Å². The highest BCUT2D eigenvalue weighted by Crippen LogP contribution is 2.15. The molecule has 1 aromatic carbocycles. The highest BCUT2D eigenvalue weighted by molar-refractivity contribution is 7.75. The van der Waals surface area contributed by atoms with Crippen LogP contribution in [0.4, 0.5) is 0 Å². The number of methoxy groups -OCH3 is 2. The van der Waals surface area contributed by atoms with Crippen LogP contribution in [0.3, 0.4) is 0 Å². The molecule has 0 heterocycles. The summed E-state index contributed by atoms with van der Waals surface area (Å²) in [4.78, 5) is 11.1. The van der Waals surface area contributed by atoms with Crippen molar-refractivity contribution in [3.8, 4) is 0 Å². The Balaban J connectivity index is 2.78. The molecule has 0 saturated carbocycles. The second kappa shape index (κ2) is 8.13. The van der Waals surface area contributed by atoms with Crippen LogP contribution >= 0.6 is 12.9 Å². The van der Waals surface area contributed by atoms with Crippen LogP contribution in [0.15, 0.2) is 18.2 Å². The van der Waals surface area contributed by atoms with Crippen molar-refractivity contribution in [1.29, 1.82) is 0 Å². The van der Waals surface area contributed by atoms with Crippen molar-refractivity contribution in [2.45, 2.75) is 26.1 Å². The maximum Gasteiger partial charge on any atom is 0.305 e. The van der Waals surface area contributed by atoms with Crippen molar-refractivity contribution >= 4 is 18.9 Å². The molecule has 4 nitrogen and oxygen atoms in total. The van der Waals surface area contributed by atoms with Crippen LogP contribution in [0, 0.1) is 0 Å². The molecule has 1 aromatic rings. The molecule has 0 amide bonds. The summed E-state index contributed by atoms with van der Waals surface area (Å²) < 4.78 is 14.6. The summed E-state index contributed by atoms with van der Waals surface area (Å²) in [5, 5.41) is 0. The third-order valence-corrected chi connectivity index (χ3v) is 2.63. The molecule has 0 bridgehead atoms. The van der Waals surface area contributed by atoms with Gasteiger partial charge in [-0.25, -0.2) is 0 Å². The summed E-state index contributed by atoms with van der Waals surface area (Å²) >= 11 is 3.75. The number of ether oxygens (including phenoxy) is 2. The largest absolute Gasteiger partial charge is 0.469 e. The van der Waals surface area contributed by atoms with E-state index in [9.17, 15) is 4.79 Å². The number of thiol groups is 1. The zero-order chi connectivity index (χ0) is 13.4. The lowest BCUT2D eigenvalue weighted by Gasteiger charge is -2.08. The van der Waals surface area contributed by atoms with Gasteiger partial charge in [0.15, 0.2) is 0 Å². The first-order valence-electron chi connectivity index (χ1n) is 5.63. The number of rotatable bonds is 7. The quantitative estimate of drug-likeness (QED) is 0.469. The van der Waals surface area contributed by atoms with Crippen molar-refractivity contribution in [1.82, 2.24) is 0 Å². The summed E-state index contributed by atoms with van der Waals surface area (Å²) in [5.74, 6) is -0.209. The first kappa shape index (κ1) is 15.0. The average molecular weight is 270 g/mol. The van der Waals surface area contributed by atoms with Gasteiger partial charge in [0.05, 0.1) is 20.3 Å². The van der Waals surface area contributed by atoms with Gasteiger partial charge in [-0.15, -0.1) is 0 Å². The molecule has 0 spiro atoms. The highest BCUT2D eigenvalue weighted by atomic mass is 32.1. The summed E-state index contributed by atoms with van der Waals surface area (Å²) in [7, 11) is 3.04. The number of benzene rings is 1. The minimum absolute atomic E-state index is 0.209. The summed E-state index contributed by atoms with van der Waals surface area (Å²) in [6.45, 7) is 0.956. The van der Waals surface area contributed by atoms with E-state index in [-0.39, 0.29) is 5.97 Å². The average Bonchev–Trinajstić information content (AvgIpc) is 2.36. The van der Waals surface area contributed by atoms with Crippen molar-refractivity contribution in [2.24, 2.45) is 0 Å². The predicted molar refractivity (Wildman–Crippen MR) is 71.3 cm³/mol. The first-order chi connectivity index (χ1) is 8.69. The molecule has 0 aliphatic carbocycles. The lowest BCUT2D eigenvalue weighted by atomic mass is 10.0. The van der Waals surface area contributed by atoms with E-state index in [1.165, 1.54) is 7.11 Å².